The first kappa shape index (κ1) is 59.1. The number of nitrogen functional groups attached to an aromatic ring is 2. The number of aryl methyl sites for hydroxylation is 2. The van der Waals surface area contributed by atoms with Gasteiger partial charge in [0.2, 0.25) is 11.8 Å². The molecule has 70 heavy (non-hydrogen) atoms. The summed E-state index contributed by atoms with van der Waals surface area (Å²) in [6.07, 6.45) is -10.9. The van der Waals surface area contributed by atoms with Crippen molar-refractivity contribution >= 4 is 46.9 Å². The summed E-state index contributed by atoms with van der Waals surface area (Å²) in [6, 6.07) is 14.9. The van der Waals surface area contributed by atoms with Gasteiger partial charge >= 0.3 is 0 Å². The fourth-order valence-electron chi connectivity index (χ4n) is 7.10. The second-order valence-electron chi connectivity index (χ2n) is 16.8. The average Bonchev–Trinajstić information content (AvgIpc) is 3.35. The van der Waals surface area contributed by atoms with Gasteiger partial charge in [-0.15, -0.1) is 0 Å². The highest BCUT2D eigenvalue weighted by molar-refractivity contribution is 6.31. The molecule has 0 bridgehead atoms. The number of carbonyl (C=O) groups is 3. The minimum Gasteiger partial charge on any atom is -0.394 e. The van der Waals surface area contributed by atoms with Gasteiger partial charge < -0.3 is 84.2 Å². The van der Waals surface area contributed by atoms with E-state index >= 15 is 0 Å². The zero-order chi connectivity index (χ0) is 51.9. The molecule has 0 saturated carbocycles. The third-order valence-corrected chi connectivity index (χ3v) is 11.6. The number of nitrogens with two attached hydrogens (primary N) is 3. The molecule has 9 atom stereocenters. The zero-order valence-corrected chi connectivity index (χ0v) is 39.5. The van der Waals surface area contributed by atoms with Crippen LogP contribution in [0.4, 0.5) is 11.6 Å². The molecular weight excluding hydrogens is 938 g/mol. The van der Waals surface area contributed by atoms with E-state index in [1.165, 1.54) is 4.90 Å². The predicted octanol–water partition coefficient (Wildman–Crippen LogP) is -3.93. The molecule has 25 heteroatoms. The molecule has 0 aliphatic rings. The lowest BCUT2D eigenvalue weighted by atomic mass is 9.99. The number of nitrogens with zero attached hydrogens (tertiary/aromatic N) is 3. The molecule has 1 aromatic heterocycles. The van der Waals surface area contributed by atoms with E-state index in [1.807, 2.05) is 48.5 Å². The third-order valence-electron chi connectivity index (χ3n) is 11.3. The van der Waals surface area contributed by atoms with Crippen molar-refractivity contribution in [1.29, 1.82) is 5.41 Å². The van der Waals surface area contributed by atoms with Gasteiger partial charge in [0.05, 0.1) is 25.4 Å². The number of aromatic nitrogens is 2. The van der Waals surface area contributed by atoms with Crippen molar-refractivity contribution in [2.75, 3.05) is 63.9 Å². The van der Waals surface area contributed by atoms with Crippen LogP contribution < -0.4 is 38.5 Å². The van der Waals surface area contributed by atoms with E-state index in [9.17, 15) is 55.2 Å². The van der Waals surface area contributed by atoms with Crippen LogP contribution in [-0.4, -0.2) is 197 Å². The number of hydrogen-bond acceptors (Lipinski definition) is 20. The standard InChI is InChI=1S/C45H70ClN11O13/c46-40-42(49)55-41(48)35(54-40)44(70)56-45(50)52-18-4-2-5-25-7-12-27(13-8-25)28-14-9-26(10-15-28)11-16-34(64)53-29(6-1-3-17-47)43(69)51-19-20-57(21-30(60)36(65)38(67)32(62)23-58)22-31(61)37(66)39(68)33(63)24-59/h7-10,12-15,29-33,36-39,58-63,65-68H,1-6,11,16-24,47H2,(H,51,69)(H,53,64)(H4,48,49,55)(H3,50,52,56,70). The smallest absolute Gasteiger partial charge is 0.280 e. The van der Waals surface area contributed by atoms with E-state index in [-0.39, 0.29) is 60.3 Å². The van der Waals surface area contributed by atoms with Crippen LogP contribution in [0, 0.1) is 5.41 Å². The number of benzene rings is 2. The van der Waals surface area contributed by atoms with Crippen molar-refractivity contribution in [2.24, 2.45) is 5.73 Å². The SMILES string of the molecule is N=C(NCCCCc1ccc(-c2ccc(CCC(=O)NC(CCCCN)C(=O)NCCN(CC(O)C(O)C(O)C(O)CO)CC(O)C(O)C(O)C(O)CO)cc2)cc1)NC(=O)c1nc(Cl)c(N)nc1N. The molecule has 3 rings (SSSR count). The average molecular weight is 1010 g/mol. The van der Waals surface area contributed by atoms with Crippen LogP contribution in [0.2, 0.25) is 5.15 Å². The molecule has 0 fully saturated rings. The van der Waals surface area contributed by atoms with Crippen molar-refractivity contribution in [2.45, 2.75) is 106 Å². The van der Waals surface area contributed by atoms with Crippen LogP contribution in [0.3, 0.4) is 0 Å². The molecule has 21 N–H and O–H groups in total. The van der Waals surface area contributed by atoms with E-state index < -0.39 is 93.0 Å². The predicted molar refractivity (Wildman–Crippen MR) is 259 cm³/mol. The normalized spacial score (nSPS) is 15.4. The number of unbranched alkanes of at least 4 members (excludes halogenated alkanes) is 2. The maximum absolute atomic E-state index is 13.4. The van der Waals surface area contributed by atoms with E-state index in [0.29, 0.717) is 32.4 Å². The Morgan fingerprint density at radius 3 is 1.73 bits per heavy atom. The van der Waals surface area contributed by atoms with Gasteiger partial charge in [0.1, 0.15) is 42.7 Å². The molecular formula is C45H70ClN11O13. The van der Waals surface area contributed by atoms with Gasteiger partial charge in [-0.1, -0.05) is 60.1 Å². The molecule has 390 valence electrons. The highest BCUT2D eigenvalue weighted by atomic mass is 35.5. The Bertz CT molecular complexity index is 2050. The van der Waals surface area contributed by atoms with E-state index in [2.05, 4.69) is 31.2 Å². The molecule has 0 aliphatic heterocycles. The van der Waals surface area contributed by atoms with Crippen molar-refractivity contribution < 1.29 is 65.4 Å². The van der Waals surface area contributed by atoms with Crippen LogP contribution in [0.25, 0.3) is 11.1 Å². The van der Waals surface area contributed by atoms with Gasteiger partial charge in [0.25, 0.3) is 5.91 Å². The van der Waals surface area contributed by atoms with Crippen molar-refractivity contribution in [3.8, 4) is 11.1 Å². The number of halogens is 1. The van der Waals surface area contributed by atoms with Crippen LogP contribution in [0.5, 0.6) is 0 Å². The largest absolute Gasteiger partial charge is 0.394 e. The van der Waals surface area contributed by atoms with Gasteiger partial charge in [-0.05, 0) is 73.7 Å². The van der Waals surface area contributed by atoms with E-state index in [1.54, 1.807) is 0 Å². The van der Waals surface area contributed by atoms with Crippen LogP contribution in [0.1, 0.15) is 60.1 Å². The molecule has 3 amide bonds. The Morgan fingerprint density at radius 1 is 0.671 bits per heavy atom. The minimum absolute atomic E-state index is 0.0745. The van der Waals surface area contributed by atoms with Crippen molar-refractivity contribution in [3.05, 3.63) is 70.5 Å². The third kappa shape index (κ3) is 19.5. The zero-order valence-electron chi connectivity index (χ0n) is 38.8. The Kier molecular flexibility index (Phi) is 25.8. The number of guanidine groups is 1. The number of rotatable bonds is 31. The molecule has 2 aromatic carbocycles. The highest BCUT2D eigenvalue weighted by Crippen LogP contribution is 2.22. The fourth-order valence-corrected chi connectivity index (χ4v) is 7.22. The quantitative estimate of drug-likeness (QED) is 0.0166. The Balaban J connectivity index is 1.49. The van der Waals surface area contributed by atoms with Gasteiger partial charge in [-0.3, -0.25) is 30.0 Å². The number of amides is 3. The molecule has 1 heterocycles. The number of nitrogens with one attached hydrogen (secondary N) is 5. The summed E-state index contributed by atoms with van der Waals surface area (Å²) in [5.41, 5.74) is 20.6. The maximum Gasteiger partial charge on any atom is 0.280 e. The molecule has 0 radical (unpaired) electrons. The van der Waals surface area contributed by atoms with Gasteiger partial charge in [-0.2, -0.15) is 0 Å². The van der Waals surface area contributed by atoms with Gasteiger partial charge in [0, 0.05) is 39.1 Å². The highest BCUT2D eigenvalue weighted by Gasteiger charge is 2.34. The van der Waals surface area contributed by atoms with E-state index in [0.717, 1.165) is 41.5 Å². The van der Waals surface area contributed by atoms with Crippen LogP contribution in [-0.2, 0) is 22.4 Å². The van der Waals surface area contributed by atoms with Crippen molar-refractivity contribution in [1.82, 2.24) is 36.1 Å². The summed E-state index contributed by atoms with van der Waals surface area (Å²) >= 11 is 5.83. The minimum atomic E-state index is -1.97. The lowest BCUT2D eigenvalue weighted by Crippen LogP contribution is -2.54. The summed E-state index contributed by atoms with van der Waals surface area (Å²) in [4.78, 5) is 47.8. The summed E-state index contributed by atoms with van der Waals surface area (Å²) in [5.74, 6) is -2.21. The summed E-state index contributed by atoms with van der Waals surface area (Å²) < 4.78 is 0. The molecule has 0 spiro atoms. The van der Waals surface area contributed by atoms with Crippen molar-refractivity contribution in [3.63, 3.8) is 0 Å². The molecule has 0 saturated heterocycles. The molecule has 3 aromatic rings. The first-order valence-corrected chi connectivity index (χ1v) is 23.2. The lowest BCUT2D eigenvalue weighted by Gasteiger charge is -2.33. The number of anilines is 2. The number of hydrogen-bond donors (Lipinski definition) is 18. The topological polar surface area (TPSA) is 433 Å². The molecule has 0 aliphatic carbocycles. The second-order valence-corrected chi connectivity index (χ2v) is 17.2. The number of aliphatic hydroxyl groups excluding tert-OH is 10. The summed E-state index contributed by atoms with van der Waals surface area (Å²) in [7, 11) is 0. The summed E-state index contributed by atoms with van der Waals surface area (Å²) in [6.45, 7) is -2.38. The number of carbonyl (C=O) groups excluding carboxylic acids is 3. The van der Waals surface area contributed by atoms with Crippen LogP contribution >= 0.6 is 11.6 Å². The number of aliphatic hydroxyl groups is 10. The lowest BCUT2D eigenvalue weighted by molar-refractivity contribution is -0.131. The molecule has 9 unspecified atom stereocenters. The fraction of sp³-hybridized carbons (Fsp3) is 0.556. The Morgan fingerprint density at radius 2 is 1.20 bits per heavy atom. The molecule has 24 nitrogen and oxygen atoms in total. The Hall–Kier alpha value is -5.19. The van der Waals surface area contributed by atoms with Crippen LogP contribution in [0.15, 0.2) is 48.5 Å². The first-order chi connectivity index (χ1) is 33.3. The van der Waals surface area contributed by atoms with Gasteiger partial charge in [-0.25, -0.2) is 9.97 Å². The van der Waals surface area contributed by atoms with E-state index in [4.69, 9.17) is 44.4 Å². The monoisotopic (exact) mass is 1010 g/mol. The van der Waals surface area contributed by atoms with Gasteiger partial charge in [0.15, 0.2) is 28.4 Å². The first-order valence-electron chi connectivity index (χ1n) is 22.9. The maximum atomic E-state index is 13.4. The summed E-state index contributed by atoms with van der Waals surface area (Å²) in [5, 5.41) is 118. The second kappa shape index (κ2) is 30.5. The Labute approximate surface area is 410 Å².